The third-order valence-corrected chi connectivity index (χ3v) is 4.22. The Morgan fingerprint density at radius 3 is 2.74 bits per heavy atom. The largest absolute Gasteiger partial charge is 0.493 e. The van der Waals surface area contributed by atoms with Crippen molar-refractivity contribution in [2.75, 3.05) is 26.2 Å². The molecule has 5 heteroatoms. The fourth-order valence-electron chi connectivity index (χ4n) is 2.47. The van der Waals surface area contributed by atoms with E-state index in [2.05, 4.69) is 4.90 Å². The Bertz CT molecular complexity index is 440. The average Bonchev–Trinajstić information content (AvgIpc) is 2.83. The molecule has 0 saturated carbocycles. The number of nitrogens with zero attached hydrogens (tertiary/aromatic N) is 1. The van der Waals surface area contributed by atoms with E-state index in [1.54, 1.807) is 6.07 Å². The molecule has 0 aliphatic carbocycles. The Morgan fingerprint density at radius 1 is 1.37 bits per heavy atom. The molecular weight excluding hydrogens is 283 g/mol. The molecule has 0 amide bonds. The van der Waals surface area contributed by atoms with Gasteiger partial charge in [-0.2, -0.15) is 0 Å². The van der Waals surface area contributed by atoms with Crippen molar-refractivity contribution < 1.29 is 4.74 Å². The number of likely N-dealkylation sites (tertiary alicyclic amines) is 1. The van der Waals surface area contributed by atoms with E-state index in [0.717, 1.165) is 37.5 Å². The van der Waals surface area contributed by atoms with Gasteiger partial charge in [-0.3, -0.25) is 4.90 Å². The van der Waals surface area contributed by atoms with E-state index in [1.807, 2.05) is 13.0 Å². The minimum Gasteiger partial charge on any atom is -0.493 e. The van der Waals surface area contributed by atoms with Crippen molar-refractivity contribution in [3.8, 4) is 5.75 Å². The van der Waals surface area contributed by atoms with Gasteiger partial charge < -0.3 is 10.5 Å². The SMILES string of the molecule is CCOc1cc(Cl)c(Cl)cc1CN1CC[C@@H](CN)C1. The smallest absolute Gasteiger partial charge is 0.125 e. The van der Waals surface area contributed by atoms with Crippen LogP contribution in [0.5, 0.6) is 5.75 Å². The van der Waals surface area contributed by atoms with Gasteiger partial charge in [0.2, 0.25) is 0 Å². The highest BCUT2D eigenvalue weighted by atomic mass is 35.5. The summed E-state index contributed by atoms with van der Waals surface area (Å²) >= 11 is 12.1. The maximum atomic E-state index is 6.10. The predicted octanol–water partition coefficient (Wildman–Crippen LogP) is 3.17. The fourth-order valence-corrected chi connectivity index (χ4v) is 2.81. The van der Waals surface area contributed by atoms with E-state index in [0.29, 0.717) is 22.6 Å². The van der Waals surface area contributed by atoms with Crippen molar-refractivity contribution in [1.82, 2.24) is 4.90 Å². The zero-order chi connectivity index (χ0) is 13.8. The Hall–Kier alpha value is -0.480. The second kappa shape index (κ2) is 6.80. The van der Waals surface area contributed by atoms with Gasteiger partial charge in [0.05, 0.1) is 16.7 Å². The summed E-state index contributed by atoms with van der Waals surface area (Å²) in [6, 6.07) is 3.71. The van der Waals surface area contributed by atoms with Gasteiger partial charge in [0.1, 0.15) is 5.75 Å². The number of hydrogen-bond acceptors (Lipinski definition) is 3. The van der Waals surface area contributed by atoms with Gasteiger partial charge in [-0.25, -0.2) is 0 Å². The van der Waals surface area contributed by atoms with E-state index in [-0.39, 0.29) is 0 Å². The first-order chi connectivity index (χ1) is 9.13. The van der Waals surface area contributed by atoms with Gasteiger partial charge in [-0.15, -0.1) is 0 Å². The van der Waals surface area contributed by atoms with Gasteiger partial charge in [0.25, 0.3) is 0 Å². The highest BCUT2D eigenvalue weighted by molar-refractivity contribution is 6.42. The van der Waals surface area contributed by atoms with Crippen molar-refractivity contribution in [1.29, 1.82) is 0 Å². The molecule has 106 valence electrons. The van der Waals surface area contributed by atoms with Gasteiger partial charge in [-0.1, -0.05) is 23.2 Å². The number of hydrogen-bond donors (Lipinski definition) is 1. The molecule has 0 bridgehead atoms. The number of halogens is 2. The Balaban J connectivity index is 2.12. The molecule has 0 spiro atoms. The predicted molar refractivity (Wildman–Crippen MR) is 80.1 cm³/mol. The van der Waals surface area contributed by atoms with Crippen LogP contribution in [-0.2, 0) is 6.54 Å². The van der Waals surface area contributed by atoms with E-state index in [9.17, 15) is 0 Å². The third kappa shape index (κ3) is 3.76. The summed E-state index contributed by atoms with van der Waals surface area (Å²) in [5, 5.41) is 1.12. The first-order valence-electron chi connectivity index (χ1n) is 6.67. The zero-order valence-corrected chi connectivity index (χ0v) is 12.7. The summed E-state index contributed by atoms with van der Waals surface area (Å²) in [5.41, 5.74) is 6.81. The van der Waals surface area contributed by atoms with Crippen LogP contribution in [0, 0.1) is 5.92 Å². The maximum absolute atomic E-state index is 6.10. The molecule has 1 heterocycles. The van der Waals surface area contributed by atoms with Crippen LogP contribution in [-0.4, -0.2) is 31.1 Å². The summed E-state index contributed by atoms with van der Waals surface area (Å²) < 4.78 is 5.64. The Morgan fingerprint density at radius 2 is 2.11 bits per heavy atom. The highest BCUT2D eigenvalue weighted by Gasteiger charge is 2.22. The van der Waals surface area contributed by atoms with Gasteiger partial charge in [0, 0.05) is 24.7 Å². The molecule has 19 heavy (non-hydrogen) atoms. The normalized spacial score (nSPS) is 19.9. The molecule has 1 aromatic carbocycles. The van der Waals surface area contributed by atoms with Crippen molar-refractivity contribution in [3.63, 3.8) is 0 Å². The molecule has 3 nitrogen and oxygen atoms in total. The molecule has 0 unspecified atom stereocenters. The summed E-state index contributed by atoms with van der Waals surface area (Å²) in [6.45, 7) is 6.30. The van der Waals surface area contributed by atoms with Crippen LogP contribution in [0.15, 0.2) is 12.1 Å². The fraction of sp³-hybridized carbons (Fsp3) is 0.571. The van der Waals surface area contributed by atoms with Crippen LogP contribution in [0.3, 0.4) is 0 Å². The monoisotopic (exact) mass is 302 g/mol. The van der Waals surface area contributed by atoms with E-state index < -0.39 is 0 Å². The standard InChI is InChI=1S/C14H20Cl2N2O/c1-2-19-14-6-13(16)12(15)5-11(14)9-18-4-3-10(7-17)8-18/h5-6,10H,2-4,7-9,17H2,1H3/t10-/m0/s1. The van der Waals surface area contributed by atoms with Crippen LogP contribution in [0.1, 0.15) is 18.9 Å². The minimum absolute atomic E-state index is 0.537. The summed E-state index contributed by atoms with van der Waals surface area (Å²) in [7, 11) is 0. The summed E-state index contributed by atoms with van der Waals surface area (Å²) in [5.74, 6) is 1.44. The molecular formula is C14H20Cl2N2O. The van der Waals surface area contributed by atoms with Crippen LogP contribution < -0.4 is 10.5 Å². The first-order valence-corrected chi connectivity index (χ1v) is 7.42. The number of nitrogens with two attached hydrogens (primary N) is 1. The lowest BCUT2D eigenvalue weighted by Crippen LogP contribution is -2.23. The summed E-state index contributed by atoms with van der Waals surface area (Å²) in [6.07, 6.45) is 1.17. The maximum Gasteiger partial charge on any atom is 0.125 e. The van der Waals surface area contributed by atoms with Crippen LogP contribution >= 0.6 is 23.2 Å². The molecule has 2 N–H and O–H groups in total. The van der Waals surface area contributed by atoms with Crippen LogP contribution in [0.4, 0.5) is 0 Å². The lowest BCUT2D eigenvalue weighted by molar-refractivity contribution is 0.297. The molecule has 1 aliphatic heterocycles. The quantitative estimate of drug-likeness (QED) is 0.908. The van der Waals surface area contributed by atoms with E-state index >= 15 is 0 Å². The molecule has 2 rings (SSSR count). The first kappa shape index (κ1) is 14.9. The molecule has 1 fully saturated rings. The second-order valence-electron chi connectivity index (χ2n) is 4.93. The lowest BCUT2D eigenvalue weighted by Gasteiger charge is -2.19. The van der Waals surface area contributed by atoms with Crippen molar-refractivity contribution >= 4 is 23.2 Å². The minimum atomic E-state index is 0.537. The highest BCUT2D eigenvalue weighted by Crippen LogP contribution is 2.32. The topological polar surface area (TPSA) is 38.5 Å². The van der Waals surface area contributed by atoms with Crippen LogP contribution in [0.2, 0.25) is 10.0 Å². The van der Waals surface area contributed by atoms with Crippen molar-refractivity contribution in [2.24, 2.45) is 11.7 Å². The average molecular weight is 303 g/mol. The lowest BCUT2D eigenvalue weighted by atomic mass is 10.1. The molecule has 1 aromatic rings. The van der Waals surface area contributed by atoms with Gasteiger partial charge >= 0.3 is 0 Å². The van der Waals surface area contributed by atoms with Crippen molar-refractivity contribution in [2.45, 2.75) is 19.9 Å². The molecule has 1 atom stereocenters. The molecule has 1 saturated heterocycles. The van der Waals surface area contributed by atoms with E-state index in [1.165, 1.54) is 6.42 Å². The third-order valence-electron chi connectivity index (χ3n) is 3.50. The number of ether oxygens (including phenoxy) is 1. The van der Waals surface area contributed by atoms with Gasteiger partial charge in [0.15, 0.2) is 0 Å². The molecule has 0 radical (unpaired) electrons. The molecule has 0 aromatic heterocycles. The van der Waals surface area contributed by atoms with Crippen molar-refractivity contribution in [3.05, 3.63) is 27.7 Å². The van der Waals surface area contributed by atoms with Crippen LogP contribution in [0.25, 0.3) is 0 Å². The van der Waals surface area contributed by atoms with Gasteiger partial charge in [-0.05, 0) is 38.4 Å². The Labute approximate surface area is 124 Å². The Kier molecular flexibility index (Phi) is 5.34. The molecule has 1 aliphatic rings. The number of rotatable bonds is 5. The zero-order valence-electron chi connectivity index (χ0n) is 11.2. The second-order valence-corrected chi connectivity index (χ2v) is 5.75. The number of benzene rings is 1. The van der Waals surface area contributed by atoms with E-state index in [4.69, 9.17) is 33.7 Å². The summed E-state index contributed by atoms with van der Waals surface area (Å²) in [4.78, 5) is 2.39.